The highest BCUT2D eigenvalue weighted by Crippen LogP contribution is 2.53. The van der Waals surface area contributed by atoms with E-state index in [1.807, 2.05) is 30.3 Å². The third-order valence-electron chi connectivity index (χ3n) is 7.41. The van der Waals surface area contributed by atoms with Crippen molar-refractivity contribution in [1.82, 2.24) is 0 Å². The van der Waals surface area contributed by atoms with Gasteiger partial charge in [0.2, 0.25) is 0 Å². The Morgan fingerprint density at radius 3 is 2.48 bits per heavy atom. The molecule has 0 radical (unpaired) electrons. The van der Waals surface area contributed by atoms with E-state index >= 15 is 0 Å². The average molecular weight is 420 g/mol. The molecule has 2 bridgehead atoms. The minimum Gasteiger partial charge on any atom is -0.449 e. The van der Waals surface area contributed by atoms with Crippen molar-refractivity contribution in [2.45, 2.75) is 39.7 Å². The summed E-state index contributed by atoms with van der Waals surface area (Å²) in [6, 6.07) is 20.0. The molecule has 164 valence electrons. The van der Waals surface area contributed by atoms with E-state index in [0.717, 1.165) is 18.5 Å². The fraction of sp³-hybridized carbons (Fsp3) is 0.444. The summed E-state index contributed by atoms with van der Waals surface area (Å²) in [6.07, 6.45) is 4.19. The van der Waals surface area contributed by atoms with Crippen LogP contribution in [-0.2, 0) is 15.9 Å². The van der Waals surface area contributed by atoms with Crippen LogP contribution >= 0.6 is 0 Å². The second kappa shape index (κ2) is 9.27. The number of anilines is 1. The number of carbonyl (C=O) groups is 1. The van der Waals surface area contributed by atoms with E-state index in [0.29, 0.717) is 31.0 Å². The minimum atomic E-state index is -0.408. The number of amides is 1. The lowest BCUT2D eigenvalue weighted by Crippen LogP contribution is -2.57. The van der Waals surface area contributed by atoms with Gasteiger partial charge in [-0.1, -0.05) is 74.0 Å². The molecule has 5 atom stereocenters. The smallest absolute Gasteiger partial charge is 0.411 e. The van der Waals surface area contributed by atoms with Crippen molar-refractivity contribution in [2.24, 2.45) is 23.2 Å². The number of hydrogen-bond donors (Lipinski definition) is 1. The van der Waals surface area contributed by atoms with Crippen LogP contribution in [0.1, 0.15) is 32.8 Å². The average Bonchev–Trinajstić information content (AvgIpc) is 2.77. The Balaban J connectivity index is 1.43. The Kier molecular flexibility index (Phi) is 6.47. The SMILES string of the molecule is CC1=C[C@@H](C)[C@]2(COC(=O)Nc3ccccc3)CO[C@@H](CCc3ccccc3)[C@H]1[C@H]2C. The maximum absolute atomic E-state index is 12.4. The third kappa shape index (κ3) is 4.54. The fourth-order valence-corrected chi connectivity index (χ4v) is 5.48. The molecule has 1 amide bonds. The van der Waals surface area contributed by atoms with E-state index < -0.39 is 6.09 Å². The molecule has 2 aromatic carbocycles. The van der Waals surface area contributed by atoms with Gasteiger partial charge in [0, 0.05) is 17.0 Å². The second-order valence-corrected chi connectivity index (χ2v) is 9.19. The van der Waals surface area contributed by atoms with Gasteiger partial charge < -0.3 is 9.47 Å². The highest BCUT2D eigenvalue weighted by molar-refractivity contribution is 5.84. The summed E-state index contributed by atoms with van der Waals surface area (Å²) in [6.45, 7) is 7.75. The number of allylic oxidation sites excluding steroid dienone is 1. The third-order valence-corrected chi connectivity index (χ3v) is 7.41. The highest BCUT2D eigenvalue weighted by Gasteiger charge is 2.54. The molecule has 0 spiro atoms. The first kappa shape index (κ1) is 21.6. The molecule has 1 heterocycles. The first-order valence-electron chi connectivity index (χ1n) is 11.3. The Morgan fingerprint density at radius 1 is 1.10 bits per heavy atom. The molecule has 1 aliphatic heterocycles. The van der Waals surface area contributed by atoms with Crippen molar-refractivity contribution in [2.75, 3.05) is 18.5 Å². The molecule has 1 fully saturated rings. The van der Waals surface area contributed by atoms with Crippen molar-refractivity contribution in [3.05, 3.63) is 77.9 Å². The first-order valence-corrected chi connectivity index (χ1v) is 11.3. The van der Waals surface area contributed by atoms with E-state index in [4.69, 9.17) is 9.47 Å². The normalized spacial score (nSPS) is 29.7. The van der Waals surface area contributed by atoms with E-state index in [9.17, 15) is 4.79 Å². The molecule has 0 saturated carbocycles. The lowest BCUT2D eigenvalue weighted by Gasteiger charge is -2.55. The van der Waals surface area contributed by atoms with Gasteiger partial charge in [-0.15, -0.1) is 0 Å². The zero-order chi connectivity index (χ0) is 21.8. The number of nitrogens with one attached hydrogen (secondary N) is 1. The standard InChI is InChI=1S/C27H33NO3/c1-19-16-20(2)27(18-31-26(29)28-23-12-8-5-9-13-23)17-30-24(25(19)21(27)3)15-14-22-10-6-4-7-11-22/h4-13,16,20-21,24-25H,14-15,17-18H2,1-3H3,(H,28,29)/t20-,21-,24+,25-,27-/m1/s1. The number of para-hydroxylation sites is 1. The van der Waals surface area contributed by atoms with Crippen LogP contribution in [0.3, 0.4) is 0 Å². The van der Waals surface area contributed by atoms with Crippen LogP contribution in [0.2, 0.25) is 0 Å². The molecule has 4 heteroatoms. The summed E-state index contributed by atoms with van der Waals surface area (Å²) in [4.78, 5) is 12.4. The molecular weight excluding hydrogens is 386 g/mol. The van der Waals surface area contributed by atoms with Gasteiger partial charge in [-0.3, -0.25) is 5.32 Å². The van der Waals surface area contributed by atoms with Gasteiger partial charge in [0.15, 0.2) is 0 Å². The van der Waals surface area contributed by atoms with Crippen molar-refractivity contribution in [1.29, 1.82) is 0 Å². The number of fused-ring (bicyclic) bond motifs is 2. The molecule has 2 aliphatic rings. The van der Waals surface area contributed by atoms with Gasteiger partial charge in [0.1, 0.15) is 6.61 Å². The van der Waals surface area contributed by atoms with Crippen LogP contribution in [-0.4, -0.2) is 25.4 Å². The second-order valence-electron chi connectivity index (χ2n) is 9.19. The number of ether oxygens (including phenoxy) is 2. The molecule has 1 saturated heterocycles. The Hall–Kier alpha value is -2.59. The predicted molar refractivity (Wildman–Crippen MR) is 124 cm³/mol. The van der Waals surface area contributed by atoms with Crippen LogP contribution in [0.4, 0.5) is 10.5 Å². The van der Waals surface area contributed by atoms with Crippen LogP contribution < -0.4 is 5.32 Å². The monoisotopic (exact) mass is 419 g/mol. The van der Waals surface area contributed by atoms with Gasteiger partial charge in [0.25, 0.3) is 0 Å². The molecule has 1 N–H and O–H groups in total. The van der Waals surface area contributed by atoms with Crippen molar-refractivity contribution in [3.63, 3.8) is 0 Å². The van der Waals surface area contributed by atoms with Crippen LogP contribution in [0.5, 0.6) is 0 Å². The van der Waals surface area contributed by atoms with Crippen molar-refractivity contribution >= 4 is 11.8 Å². The topological polar surface area (TPSA) is 47.6 Å². The Labute approximate surface area is 185 Å². The summed E-state index contributed by atoms with van der Waals surface area (Å²) in [5, 5.41) is 2.82. The quantitative estimate of drug-likeness (QED) is 0.575. The van der Waals surface area contributed by atoms with E-state index in [-0.39, 0.29) is 11.5 Å². The molecule has 0 unspecified atom stereocenters. The molecule has 31 heavy (non-hydrogen) atoms. The van der Waals surface area contributed by atoms with Gasteiger partial charge in [0.05, 0.1) is 12.7 Å². The predicted octanol–water partition coefficient (Wildman–Crippen LogP) is 6.10. The molecule has 4 nitrogen and oxygen atoms in total. The van der Waals surface area contributed by atoms with Crippen LogP contribution in [0.25, 0.3) is 0 Å². The molecule has 2 aromatic rings. The summed E-state index contributed by atoms with van der Waals surface area (Å²) in [5.41, 5.74) is 3.30. The number of carbonyl (C=O) groups excluding carboxylic acids is 1. The minimum absolute atomic E-state index is 0.193. The summed E-state index contributed by atoms with van der Waals surface area (Å²) in [5.74, 6) is 1.03. The van der Waals surface area contributed by atoms with Crippen LogP contribution in [0, 0.1) is 23.2 Å². The lowest BCUT2D eigenvalue weighted by molar-refractivity contribution is -0.164. The number of aryl methyl sites for hydroxylation is 1. The molecule has 0 aromatic heterocycles. The van der Waals surface area contributed by atoms with Crippen LogP contribution in [0.15, 0.2) is 72.3 Å². The lowest BCUT2D eigenvalue weighted by atomic mass is 9.56. The number of hydrogen-bond acceptors (Lipinski definition) is 3. The Morgan fingerprint density at radius 2 is 1.77 bits per heavy atom. The molecule has 1 aliphatic carbocycles. The van der Waals surface area contributed by atoms with Gasteiger partial charge in [-0.2, -0.15) is 0 Å². The summed E-state index contributed by atoms with van der Waals surface area (Å²) >= 11 is 0. The number of benzene rings is 2. The maximum Gasteiger partial charge on any atom is 0.411 e. The van der Waals surface area contributed by atoms with E-state index in [1.165, 1.54) is 11.1 Å². The summed E-state index contributed by atoms with van der Waals surface area (Å²) in [7, 11) is 0. The molecule has 4 rings (SSSR count). The van der Waals surface area contributed by atoms with E-state index in [2.05, 4.69) is 62.5 Å². The fourth-order valence-electron chi connectivity index (χ4n) is 5.48. The maximum atomic E-state index is 12.4. The highest BCUT2D eigenvalue weighted by atomic mass is 16.6. The largest absolute Gasteiger partial charge is 0.449 e. The number of rotatable bonds is 6. The van der Waals surface area contributed by atoms with Gasteiger partial charge in [-0.05, 0) is 49.3 Å². The Bertz CT molecular complexity index is 911. The van der Waals surface area contributed by atoms with Gasteiger partial charge in [-0.25, -0.2) is 4.79 Å². The van der Waals surface area contributed by atoms with Crippen molar-refractivity contribution in [3.8, 4) is 0 Å². The van der Waals surface area contributed by atoms with E-state index in [1.54, 1.807) is 0 Å². The zero-order valence-electron chi connectivity index (χ0n) is 18.7. The van der Waals surface area contributed by atoms with Crippen molar-refractivity contribution < 1.29 is 14.3 Å². The first-order chi connectivity index (χ1) is 15.0. The zero-order valence-corrected chi connectivity index (χ0v) is 18.7. The molecular formula is C27H33NO3. The summed E-state index contributed by atoms with van der Waals surface area (Å²) < 4.78 is 12.2. The van der Waals surface area contributed by atoms with Gasteiger partial charge >= 0.3 is 6.09 Å².